The second-order valence-corrected chi connectivity index (χ2v) is 7.64. The molecule has 0 aromatic heterocycles. The smallest absolute Gasteiger partial charge is 0.0309 e. The van der Waals surface area contributed by atoms with Gasteiger partial charge in [-0.25, -0.2) is 0 Å². The fourth-order valence-corrected chi connectivity index (χ4v) is 4.44. The first-order valence-electron chi connectivity index (χ1n) is 8.65. The standard InChI is InChI=1S/C17H32N2/c1-4-13(2)16-11-18-17(3,14-9-10-14)12-19(16)15-7-5-6-8-15/h13-16,18H,4-12H2,1-3H3. The van der Waals surface area contributed by atoms with Crippen LogP contribution in [0, 0.1) is 11.8 Å². The SMILES string of the molecule is CCC(C)C1CNC(C)(C2CC2)CN1C1CCCC1. The van der Waals surface area contributed by atoms with Crippen molar-refractivity contribution in [2.24, 2.45) is 11.8 Å². The van der Waals surface area contributed by atoms with Crippen molar-refractivity contribution >= 4 is 0 Å². The molecule has 1 saturated heterocycles. The molecule has 3 rings (SSSR count). The summed E-state index contributed by atoms with van der Waals surface area (Å²) < 4.78 is 0. The third kappa shape index (κ3) is 2.71. The van der Waals surface area contributed by atoms with E-state index in [1.165, 1.54) is 58.0 Å². The zero-order chi connectivity index (χ0) is 13.5. The number of hydrogen-bond donors (Lipinski definition) is 1. The molecule has 1 heterocycles. The molecule has 0 aromatic rings. The number of rotatable bonds is 4. The molecule has 110 valence electrons. The maximum absolute atomic E-state index is 3.93. The van der Waals surface area contributed by atoms with Crippen LogP contribution in [-0.2, 0) is 0 Å². The van der Waals surface area contributed by atoms with Gasteiger partial charge in [0.25, 0.3) is 0 Å². The zero-order valence-electron chi connectivity index (χ0n) is 13.1. The average molecular weight is 264 g/mol. The highest BCUT2D eigenvalue weighted by molar-refractivity contribution is 5.06. The summed E-state index contributed by atoms with van der Waals surface area (Å²) in [6.07, 6.45) is 10.0. The Balaban J connectivity index is 1.74. The van der Waals surface area contributed by atoms with Gasteiger partial charge in [-0.15, -0.1) is 0 Å². The molecule has 1 aliphatic heterocycles. The van der Waals surface area contributed by atoms with E-state index in [4.69, 9.17) is 0 Å². The summed E-state index contributed by atoms with van der Waals surface area (Å²) in [5, 5.41) is 3.93. The molecule has 2 saturated carbocycles. The van der Waals surface area contributed by atoms with E-state index < -0.39 is 0 Å². The quantitative estimate of drug-likeness (QED) is 0.837. The van der Waals surface area contributed by atoms with Crippen LogP contribution >= 0.6 is 0 Å². The van der Waals surface area contributed by atoms with Crippen molar-refractivity contribution in [3.8, 4) is 0 Å². The maximum atomic E-state index is 3.93. The molecule has 3 unspecified atom stereocenters. The highest BCUT2D eigenvalue weighted by Gasteiger charge is 2.48. The van der Waals surface area contributed by atoms with Crippen LogP contribution in [0.4, 0.5) is 0 Å². The summed E-state index contributed by atoms with van der Waals surface area (Å²) in [5.41, 5.74) is 0.409. The van der Waals surface area contributed by atoms with E-state index in [9.17, 15) is 0 Å². The molecule has 19 heavy (non-hydrogen) atoms. The van der Waals surface area contributed by atoms with Gasteiger partial charge < -0.3 is 5.32 Å². The second-order valence-electron chi connectivity index (χ2n) is 7.64. The first kappa shape index (κ1) is 13.9. The number of nitrogens with zero attached hydrogens (tertiary/aromatic N) is 1. The van der Waals surface area contributed by atoms with Gasteiger partial charge in [-0.05, 0) is 44.4 Å². The zero-order valence-corrected chi connectivity index (χ0v) is 13.1. The van der Waals surface area contributed by atoms with Crippen LogP contribution in [0.15, 0.2) is 0 Å². The van der Waals surface area contributed by atoms with Gasteiger partial charge in [-0.3, -0.25) is 4.90 Å². The lowest BCUT2D eigenvalue weighted by molar-refractivity contribution is 0.0158. The molecule has 3 aliphatic rings. The van der Waals surface area contributed by atoms with Gasteiger partial charge in [0.05, 0.1) is 0 Å². The average Bonchev–Trinajstić information content (AvgIpc) is 3.15. The molecule has 0 aromatic carbocycles. The van der Waals surface area contributed by atoms with Gasteiger partial charge in [-0.1, -0.05) is 33.1 Å². The minimum atomic E-state index is 0.409. The van der Waals surface area contributed by atoms with E-state index in [0.29, 0.717) is 5.54 Å². The molecule has 2 aliphatic carbocycles. The molecule has 0 spiro atoms. The van der Waals surface area contributed by atoms with E-state index >= 15 is 0 Å². The Morgan fingerprint density at radius 1 is 1.21 bits per heavy atom. The van der Waals surface area contributed by atoms with Crippen LogP contribution < -0.4 is 5.32 Å². The highest BCUT2D eigenvalue weighted by atomic mass is 15.3. The number of nitrogens with one attached hydrogen (secondary N) is 1. The van der Waals surface area contributed by atoms with Crippen molar-refractivity contribution in [1.29, 1.82) is 0 Å². The summed E-state index contributed by atoms with van der Waals surface area (Å²) in [6.45, 7) is 9.82. The topological polar surface area (TPSA) is 15.3 Å². The lowest BCUT2D eigenvalue weighted by Gasteiger charge is -2.51. The van der Waals surface area contributed by atoms with Crippen molar-refractivity contribution < 1.29 is 0 Å². The Kier molecular flexibility index (Phi) is 3.92. The van der Waals surface area contributed by atoms with E-state index in [-0.39, 0.29) is 0 Å². The number of piperazine rings is 1. The van der Waals surface area contributed by atoms with Crippen molar-refractivity contribution in [2.45, 2.75) is 83.3 Å². The molecular formula is C17H32N2. The molecule has 1 N–H and O–H groups in total. The predicted molar refractivity (Wildman–Crippen MR) is 81.3 cm³/mol. The summed E-state index contributed by atoms with van der Waals surface area (Å²) in [6, 6.07) is 1.67. The van der Waals surface area contributed by atoms with Crippen molar-refractivity contribution in [3.05, 3.63) is 0 Å². The summed E-state index contributed by atoms with van der Waals surface area (Å²) in [7, 11) is 0. The van der Waals surface area contributed by atoms with Crippen LogP contribution in [0.3, 0.4) is 0 Å². The van der Waals surface area contributed by atoms with Gasteiger partial charge in [-0.2, -0.15) is 0 Å². The molecular weight excluding hydrogens is 232 g/mol. The minimum absolute atomic E-state index is 0.409. The monoisotopic (exact) mass is 264 g/mol. The maximum Gasteiger partial charge on any atom is 0.0309 e. The Bertz CT molecular complexity index is 306. The fourth-order valence-electron chi connectivity index (χ4n) is 4.44. The highest BCUT2D eigenvalue weighted by Crippen LogP contribution is 2.43. The Labute approximate surface area is 119 Å². The van der Waals surface area contributed by atoms with Gasteiger partial charge in [0.15, 0.2) is 0 Å². The van der Waals surface area contributed by atoms with Crippen LogP contribution in [0.5, 0.6) is 0 Å². The van der Waals surface area contributed by atoms with E-state index in [1.54, 1.807) is 0 Å². The van der Waals surface area contributed by atoms with Crippen molar-refractivity contribution in [1.82, 2.24) is 10.2 Å². The first-order chi connectivity index (χ1) is 9.14. The fraction of sp³-hybridized carbons (Fsp3) is 1.00. The summed E-state index contributed by atoms with van der Waals surface area (Å²) in [4.78, 5) is 2.93. The lowest BCUT2D eigenvalue weighted by Crippen LogP contribution is -2.67. The van der Waals surface area contributed by atoms with Crippen LogP contribution in [0.25, 0.3) is 0 Å². The molecule has 0 amide bonds. The predicted octanol–water partition coefficient (Wildman–Crippen LogP) is 3.42. The van der Waals surface area contributed by atoms with E-state index in [1.807, 2.05) is 0 Å². The van der Waals surface area contributed by atoms with E-state index in [2.05, 4.69) is 31.0 Å². The molecule has 0 radical (unpaired) electrons. The first-order valence-corrected chi connectivity index (χ1v) is 8.65. The van der Waals surface area contributed by atoms with Gasteiger partial charge in [0.2, 0.25) is 0 Å². The second kappa shape index (κ2) is 5.37. The lowest BCUT2D eigenvalue weighted by atomic mass is 9.85. The summed E-state index contributed by atoms with van der Waals surface area (Å²) in [5.74, 6) is 1.78. The van der Waals surface area contributed by atoms with Crippen LogP contribution in [0.1, 0.15) is 65.7 Å². The van der Waals surface area contributed by atoms with Crippen molar-refractivity contribution in [2.75, 3.05) is 13.1 Å². The van der Waals surface area contributed by atoms with Crippen LogP contribution in [0.2, 0.25) is 0 Å². The van der Waals surface area contributed by atoms with E-state index in [0.717, 1.165) is 23.9 Å². The Hall–Kier alpha value is -0.0800. The van der Waals surface area contributed by atoms with Gasteiger partial charge in [0, 0.05) is 30.7 Å². The minimum Gasteiger partial charge on any atom is -0.308 e. The summed E-state index contributed by atoms with van der Waals surface area (Å²) >= 11 is 0. The Morgan fingerprint density at radius 3 is 2.47 bits per heavy atom. The third-order valence-corrected chi connectivity index (χ3v) is 6.22. The normalized spacial score (nSPS) is 39.6. The molecule has 3 fully saturated rings. The Morgan fingerprint density at radius 2 is 1.89 bits per heavy atom. The molecule has 2 heteroatoms. The number of hydrogen-bond acceptors (Lipinski definition) is 2. The van der Waals surface area contributed by atoms with Crippen molar-refractivity contribution in [3.63, 3.8) is 0 Å². The van der Waals surface area contributed by atoms with Gasteiger partial charge in [0.1, 0.15) is 0 Å². The molecule has 3 atom stereocenters. The van der Waals surface area contributed by atoms with Crippen LogP contribution in [-0.4, -0.2) is 35.6 Å². The van der Waals surface area contributed by atoms with Gasteiger partial charge >= 0.3 is 0 Å². The largest absolute Gasteiger partial charge is 0.308 e. The molecule has 0 bridgehead atoms. The molecule has 2 nitrogen and oxygen atoms in total. The third-order valence-electron chi connectivity index (χ3n) is 6.22.